The SMILES string of the molecule is COC(C)c1c(NC(=O)Nc2cnc(-n3nccn3)c(Cl)c2)cnc2cccnc12. The Bertz CT molecular complexity index is 1200. The predicted octanol–water partition coefficient (Wildman–Crippen LogP) is 3.61. The summed E-state index contributed by atoms with van der Waals surface area (Å²) in [5, 5.41) is 13.8. The van der Waals surface area contributed by atoms with Crippen molar-refractivity contribution in [2.24, 2.45) is 0 Å². The zero-order valence-electron chi connectivity index (χ0n) is 16.1. The molecule has 0 aliphatic heterocycles. The number of halogens is 1. The molecule has 1 unspecified atom stereocenters. The van der Waals surface area contributed by atoms with Crippen LogP contribution in [0.5, 0.6) is 0 Å². The predicted molar refractivity (Wildman–Crippen MR) is 112 cm³/mol. The molecular weight excluding hydrogens is 408 g/mol. The number of hydrogen-bond acceptors (Lipinski definition) is 7. The average molecular weight is 425 g/mol. The van der Waals surface area contributed by atoms with E-state index in [0.717, 1.165) is 5.56 Å². The quantitative estimate of drug-likeness (QED) is 0.502. The van der Waals surface area contributed by atoms with Gasteiger partial charge in [-0.2, -0.15) is 10.2 Å². The van der Waals surface area contributed by atoms with Gasteiger partial charge in [0.15, 0.2) is 5.82 Å². The first-order chi connectivity index (χ1) is 14.6. The molecule has 11 heteroatoms. The number of amides is 2. The smallest absolute Gasteiger partial charge is 0.323 e. The van der Waals surface area contributed by atoms with E-state index in [2.05, 4.69) is 35.8 Å². The maximum Gasteiger partial charge on any atom is 0.323 e. The number of pyridine rings is 3. The summed E-state index contributed by atoms with van der Waals surface area (Å²) in [4.78, 5) is 26.8. The Labute approximate surface area is 176 Å². The fraction of sp³-hybridized carbons (Fsp3) is 0.158. The Morgan fingerprint density at radius 2 is 1.93 bits per heavy atom. The number of nitrogens with zero attached hydrogens (tertiary/aromatic N) is 6. The van der Waals surface area contributed by atoms with Gasteiger partial charge in [-0.05, 0) is 25.1 Å². The van der Waals surface area contributed by atoms with E-state index in [1.165, 1.54) is 23.4 Å². The van der Waals surface area contributed by atoms with Crippen LogP contribution in [-0.2, 0) is 4.74 Å². The van der Waals surface area contributed by atoms with Crippen LogP contribution in [0.3, 0.4) is 0 Å². The minimum absolute atomic E-state index is 0.286. The first-order valence-electron chi connectivity index (χ1n) is 8.93. The summed E-state index contributed by atoms with van der Waals surface area (Å²) in [5.41, 5.74) is 2.99. The molecule has 10 nitrogen and oxygen atoms in total. The van der Waals surface area contributed by atoms with Gasteiger partial charge in [-0.15, -0.1) is 4.80 Å². The minimum atomic E-state index is -0.487. The largest absolute Gasteiger partial charge is 0.377 e. The van der Waals surface area contributed by atoms with Gasteiger partial charge < -0.3 is 15.4 Å². The van der Waals surface area contributed by atoms with E-state index in [-0.39, 0.29) is 11.1 Å². The molecule has 0 aliphatic rings. The molecule has 0 saturated carbocycles. The number of aromatic nitrogens is 6. The molecule has 4 aromatic rings. The van der Waals surface area contributed by atoms with Gasteiger partial charge in [-0.25, -0.2) is 9.78 Å². The second-order valence-corrected chi connectivity index (χ2v) is 6.67. The Hall–Kier alpha value is -3.63. The molecule has 4 rings (SSSR count). The van der Waals surface area contributed by atoms with Gasteiger partial charge in [0, 0.05) is 18.9 Å². The van der Waals surface area contributed by atoms with E-state index in [9.17, 15) is 4.79 Å². The van der Waals surface area contributed by atoms with Gasteiger partial charge in [0.05, 0.1) is 58.3 Å². The zero-order valence-corrected chi connectivity index (χ0v) is 16.8. The summed E-state index contributed by atoms with van der Waals surface area (Å²) in [6.07, 6.45) is 7.43. The maximum absolute atomic E-state index is 12.6. The Morgan fingerprint density at radius 3 is 2.67 bits per heavy atom. The van der Waals surface area contributed by atoms with E-state index < -0.39 is 6.03 Å². The van der Waals surface area contributed by atoms with Gasteiger partial charge >= 0.3 is 6.03 Å². The molecule has 30 heavy (non-hydrogen) atoms. The molecule has 152 valence electrons. The summed E-state index contributed by atoms with van der Waals surface area (Å²) < 4.78 is 5.47. The van der Waals surface area contributed by atoms with Crippen molar-refractivity contribution in [3.05, 3.63) is 59.8 Å². The molecule has 0 saturated heterocycles. The number of methoxy groups -OCH3 is 1. The molecule has 0 spiro atoms. The number of ether oxygens (including phenoxy) is 1. The Balaban J connectivity index is 1.57. The number of rotatable bonds is 5. The van der Waals surface area contributed by atoms with Crippen LogP contribution in [0.1, 0.15) is 18.6 Å². The van der Waals surface area contributed by atoms with Crippen molar-refractivity contribution in [2.75, 3.05) is 17.7 Å². The lowest BCUT2D eigenvalue weighted by atomic mass is 10.1. The van der Waals surface area contributed by atoms with E-state index in [0.29, 0.717) is 28.2 Å². The lowest BCUT2D eigenvalue weighted by Crippen LogP contribution is -2.21. The van der Waals surface area contributed by atoms with Crippen molar-refractivity contribution in [3.8, 4) is 5.82 Å². The fourth-order valence-electron chi connectivity index (χ4n) is 2.92. The van der Waals surface area contributed by atoms with Crippen LogP contribution in [0.2, 0.25) is 5.02 Å². The average Bonchev–Trinajstić information content (AvgIpc) is 3.27. The first kappa shape index (κ1) is 19.7. The second kappa shape index (κ2) is 8.39. The van der Waals surface area contributed by atoms with E-state index in [1.807, 2.05) is 13.0 Å². The monoisotopic (exact) mass is 424 g/mol. The highest BCUT2D eigenvalue weighted by Crippen LogP contribution is 2.30. The number of carbonyl (C=O) groups is 1. The standard InChI is InChI=1S/C19H17ClN8O2/c1-11(30-2)16-15(10-22-14-4-3-5-21-17(14)16)27-19(29)26-12-8-13(20)18(23-9-12)28-24-6-7-25-28/h3-11H,1-2H3,(H2,26,27,29). The summed E-state index contributed by atoms with van der Waals surface area (Å²) in [6.45, 7) is 1.87. The molecule has 0 radical (unpaired) electrons. The third-order valence-electron chi connectivity index (χ3n) is 4.36. The maximum atomic E-state index is 12.6. The van der Waals surface area contributed by atoms with Crippen LogP contribution < -0.4 is 10.6 Å². The summed E-state index contributed by atoms with van der Waals surface area (Å²) in [5.74, 6) is 0.355. The third kappa shape index (κ3) is 3.91. The molecule has 1 atom stereocenters. The molecule has 0 aliphatic carbocycles. The molecule has 2 N–H and O–H groups in total. The highest BCUT2D eigenvalue weighted by atomic mass is 35.5. The Morgan fingerprint density at radius 1 is 1.13 bits per heavy atom. The van der Waals surface area contributed by atoms with Gasteiger partial charge in [0.1, 0.15) is 0 Å². The first-order valence-corrected chi connectivity index (χ1v) is 9.31. The lowest BCUT2D eigenvalue weighted by Gasteiger charge is -2.17. The van der Waals surface area contributed by atoms with E-state index >= 15 is 0 Å². The highest BCUT2D eigenvalue weighted by molar-refractivity contribution is 6.32. The van der Waals surface area contributed by atoms with Crippen LogP contribution in [0, 0.1) is 0 Å². The third-order valence-corrected chi connectivity index (χ3v) is 4.64. The van der Waals surface area contributed by atoms with E-state index in [4.69, 9.17) is 16.3 Å². The van der Waals surface area contributed by atoms with Gasteiger partial charge in [-0.3, -0.25) is 9.97 Å². The van der Waals surface area contributed by atoms with Crippen molar-refractivity contribution in [1.82, 2.24) is 29.9 Å². The molecule has 0 aromatic carbocycles. The molecule has 4 heterocycles. The van der Waals surface area contributed by atoms with Crippen LogP contribution in [-0.4, -0.2) is 43.1 Å². The van der Waals surface area contributed by atoms with Crippen LogP contribution in [0.15, 0.2) is 49.2 Å². The number of carbonyl (C=O) groups excluding carboxylic acids is 1. The van der Waals surface area contributed by atoms with Crippen molar-refractivity contribution < 1.29 is 9.53 Å². The van der Waals surface area contributed by atoms with Gasteiger partial charge in [0.2, 0.25) is 0 Å². The molecule has 2 amide bonds. The zero-order chi connectivity index (χ0) is 21.1. The number of anilines is 2. The molecule has 0 fully saturated rings. The lowest BCUT2D eigenvalue weighted by molar-refractivity contribution is 0.121. The summed E-state index contributed by atoms with van der Waals surface area (Å²) >= 11 is 6.25. The normalized spacial score (nSPS) is 12.0. The number of nitrogens with one attached hydrogen (secondary N) is 2. The van der Waals surface area contributed by atoms with Crippen LogP contribution >= 0.6 is 11.6 Å². The number of urea groups is 1. The minimum Gasteiger partial charge on any atom is -0.377 e. The molecular formula is C19H17ClN8O2. The van der Waals surface area contributed by atoms with Crippen LogP contribution in [0.4, 0.5) is 16.2 Å². The molecule has 0 bridgehead atoms. The number of fused-ring (bicyclic) bond motifs is 1. The number of hydrogen-bond donors (Lipinski definition) is 2. The van der Waals surface area contributed by atoms with Crippen molar-refractivity contribution in [3.63, 3.8) is 0 Å². The van der Waals surface area contributed by atoms with Gasteiger partial charge in [-0.1, -0.05) is 11.6 Å². The van der Waals surface area contributed by atoms with Gasteiger partial charge in [0.25, 0.3) is 0 Å². The summed E-state index contributed by atoms with van der Waals surface area (Å²) in [6, 6.07) is 4.72. The fourth-order valence-corrected chi connectivity index (χ4v) is 3.17. The Kier molecular flexibility index (Phi) is 5.50. The molecule has 4 aromatic heterocycles. The van der Waals surface area contributed by atoms with Crippen LogP contribution in [0.25, 0.3) is 16.9 Å². The van der Waals surface area contributed by atoms with Crippen molar-refractivity contribution in [1.29, 1.82) is 0 Å². The van der Waals surface area contributed by atoms with E-state index in [1.54, 1.807) is 31.6 Å². The summed E-state index contributed by atoms with van der Waals surface area (Å²) in [7, 11) is 1.59. The highest BCUT2D eigenvalue weighted by Gasteiger charge is 2.18. The van der Waals surface area contributed by atoms with Crippen molar-refractivity contribution in [2.45, 2.75) is 13.0 Å². The second-order valence-electron chi connectivity index (χ2n) is 6.26. The topological polar surface area (TPSA) is 120 Å². The van der Waals surface area contributed by atoms with Crippen molar-refractivity contribution >= 4 is 40.0 Å².